The van der Waals surface area contributed by atoms with Crippen LogP contribution in [0, 0.1) is 0 Å². The number of carboxylic acids is 1. The Kier molecular flexibility index (Phi) is 3.96. The number of nitrogens with zero attached hydrogens (tertiary/aromatic N) is 3. The molecule has 18 heavy (non-hydrogen) atoms. The number of aromatic nitrogens is 2. The Bertz CT molecular complexity index is 421. The Morgan fingerprint density at radius 2 is 2.33 bits per heavy atom. The Morgan fingerprint density at radius 1 is 1.56 bits per heavy atom. The molecule has 2 rings (SSSR count). The van der Waals surface area contributed by atoms with Crippen molar-refractivity contribution in [3.63, 3.8) is 0 Å². The number of anilines is 1. The number of carboxylic acid groups (broad SMARTS) is 1. The number of aliphatic carboxylic acids is 1. The summed E-state index contributed by atoms with van der Waals surface area (Å²) >= 11 is 0. The van der Waals surface area contributed by atoms with Crippen LogP contribution in [0.4, 0.5) is 5.82 Å². The Balaban J connectivity index is 2.09. The topological polar surface area (TPSA) is 75.5 Å². The highest BCUT2D eigenvalue weighted by Gasteiger charge is 2.30. The summed E-state index contributed by atoms with van der Waals surface area (Å²) in [6.07, 6.45) is 3.75. The Hall–Kier alpha value is -1.85. The third-order valence-electron chi connectivity index (χ3n) is 2.77. The van der Waals surface area contributed by atoms with Gasteiger partial charge in [0.15, 0.2) is 0 Å². The Morgan fingerprint density at radius 3 is 2.94 bits per heavy atom. The van der Waals surface area contributed by atoms with Gasteiger partial charge >= 0.3 is 5.97 Å². The van der Waals surface area contributed by atoms with Gasteiger partial charge in [0.1, 0.15) is 12.1 Å². The van der Waals surface area contributed by atoms with Crippen LogP contribution >= 0.6 is 0 Å². The van der Waals surface area contributed by atoms with Crippen molar-refractivity contribution in [2.75, 3.05) is 18.1 Å². The van der Waals surface area contributed by atoms with Crippen molar-refractivity contribution in [1.29, 1.82) is 0 Å². The molecule has 1 aliphatic carbocycles. The maximum absolute atomic E-state index is 10.7. The van der Waals surface area contributed by atoms with Gasteiger partial charge in [0.05, 0.1) is 13.0 Å². The molecule has 0 spiro atoms. The second-order valence-corrected chi connectivity index (χ2v) is 4.22. The van der Waals surface area contributed by atoms with Gasteiger partial charge in [-0.15, -0.1) is 0 Å². The van der Waals surface area contributed by atoms with Crippen LogP contribution < -0.4 is 9.64 Å². The zero-order chi connectivity index (χ0) is 13.0. The molecule has 1 saturated carbocycles. The molecule has 1 N–H and O–H groups in total. The van der Waals surface area contributed by atoms with Gasteiger partial charge in [-0.3, -0.25) is 4.79 Å². The van der Waals surface area contributed by atoms with E-state index in [4.69, 9.17) is 9.84 Å². The van der Waals surface area contributed by atoms with Crippen LogP contribution in [0.2, 0.25) is 0 Å². The normalized spacial score (nSPS) is 14.3. The van der Waals surface area contributed by atoms with Gasteiger partial charge in [-0.2, -0.15) is 0 Å². The minimum atomic E-state index is -0.792. The number of carbonyl (C=O) groups is 1. The Labute approximate surface area is 106 Å². The maximum Gasteiger partial charge on any atom is 0.305 e. The van der Waals surface area contributed by atoms with Crippen molar-refractivity contribution in [2.45, 2.75) is 32.2 Å². The lowest BCUT2D eigenvalue weighted by Crippen LogP contribution is -2.29. The van der Waals surface area contributed by atoms with Crippen molar-refractivity contribution in [3.8, 4) is 5.88 Å². The molecule has 0 atom stereocenters. The number of hydrogen-bond donors (Lipinski definition) is 1. The largest absolute Gasteiger partial charge is 0.481 e. The van der Waals surface area contributed by atoms with E-state index in [1.165, 1.54) is 6.33 Å². The molecular formula is C12H17N3O3. The van der Waals surface area contributed by atoms with E-state index < -0.39 is 5.97 Å². The first kappa shape index (κ1) is 12.6. The third-order valence-corrected chi connectivity index (χ3v) is 2.77. The van der Waals surface area contributed by atoms with E-state index in [0.29, 0.717) is 25.1 Å². The first-order valence-corrected chi connectivity index (χ1v) is 6.14. The number of rotatable bonds is 7. The van der Waals surface area contributed by atoms with Crippen molar-refractivity contribution < 1.29 is 14.6 Å². The highest BCUT2D eigenvalue weighted by molar-refractivity contribution is 5.67. The quantitative estimate of drug-likeness (QED) is 0.787. The van der Waals surface area contributed by atoms with Gasteiger partial charge in [-0.05, 0) is 19.8 Å². The molecular weight excluding hydrogens is 234 g/mol. The lowest BCUT2D eigenvalue weighted by Gasteiger charge is -2.22. The van der Waals surface area contributed by atoms with E-state index in [1.54, 1.807) is 6.07 Å². The summed E-state index contributed by atoms with van der Waals surface area (Å²) in [7, 11) is 0. The molecule has 1 aliphatic rings. The highest BCUT2D eigenvalue weighted by Crippen LogP contribution is 2.31. The summed E-state index contributed by atoms with van der Waals surface area (Å²) < 4.78 is 5.33. The summed E-state index contributed by atoms with van der Waals surface area (Å²) in [5, 5.41) is 8.77. The van der Waals surface area contributed by atoms with E-state index in [-0.39, 0.29) is 6.42 Å². The van der Waals surface area contributed by atoms with Crippen LogP contribution in [0.25, 0.3) is 0 Å². The van der Waals surface area contributed by atoms with Gasteiger partial charge in [-0.25, -0.2) is 9.97 Å². The molecule has 6 nitrogen and oxygen atoms in total. The van der Waals surface area contributed by atoms with Crippen LogP contribution in [-0.4, -0.2) is 40.2 Å². The lowest BCUT2D eigenvalue weighted by molar-refractivity contribution is -0.136. The molecule has 1 aromatic rings. The second kappa shape index (κ2) is 5.66. The fraction of sp³-hybridized carbons (Fsp3) is 0.583. The predicted molar refractivity (Wildman–Crippen MR) is 65.8 cm³/mol. The van der Waals surface area contributed by atoms with Gasteiger partial charge in [0, 0.05) is 18.7 Å². The molecule has 0 radical (unpaired) electrons. The van der Waals surface area contributed by atoms with Crippen LogP contribution in [-0.2, 0) is 4.79 Å². The number of ether oxygens (including phenoxy) is 1. The zero-order valence-electron chi connectivity index (χ0n) is 10.4. The lowest BCUT2D eigenvalue weighted by atomic mass is 10.3. The van der Waals surface area contributed by atoms with Crippen LogP contribution in [0.5, 0.6) is 5.88 Å². The van der Waals surface area contributed by atoms with Crippen LogP contribution in [0.1, 0.15) is 26.2 Å². The van der Waals surface area contributed by atoms with E-state index in [1.807, 2.05) is 11.8 Å². The summed E-state index contributed by atoms with van der Waals surface area (Å²) in [6, 6.07) is 2.18. The van der Waals surface area contributed by atoms with Gasteiger partial charge in [0.2, 0.25) is 5.88 Å². The van der Waals surface area contributed by atoms with Crippen molar-refractivity contribution in [1.82, 2.24) is 9.97 Å². The summed E-state index contributed by atoms with van der Waals surface area (Å²) in [6.45, 7) is 2.92. The van der Waals surface area contributed by atoms with Crippen molar-refractivity contribution in [3.05, 3.63) is 12.4 Å². The van der Waals surface area contributed by atoms with Crippen LogP contribution in [0.15, 0.2) is 12.4 Å². The molecule has 1 fully saturated rings. The smallest absolute Gasteiger partial charge is 0.305 e. The third kappa shape index (κ3) is 3.32. The van der Waals surface area contributed by atoms with Crippen molar-refractivity contribution >= 4 is 11.8 Å². The molecule has 0 aliphatic heterocycles. The summed E-state index contributed by atoms with van der Waals surface area (Å²) in [5.74, 6) is 0.486. The van der Waals surface area contributed by atoms with E-state index in [9.17, 15) is 4.79 Å². The minimum absolute atomic E-state index is 0.116. The van der Waals surface area contributed by atoms with Crippen LogP contribution in [0.3, 0.4) is 0 Å². The monoisotopic (exact) mass is 251 g/mol. The molecule has 0 bridgehead atoms. The molecule has 0 aromatic carbocycles. The summed E-state index contributed by atoms with van der Waals surface area (Å²) in [4.78, 5) is 20.9. The first-order valence-electron chi connectivity index (χ1n) is 6.14. The average Bonchev–Trinajstić information content (AvgIpc) is 3.14. The van der Waals surface area contributed by atoms with Crippen molar-refractivity contribution in [2.24, 2.45) is 0 Å². The molecule has 1 heterocycles. The van der Waals surface area contributed by atoms with Gasteiger partial charge < -0.3 is 14.7 Å². The van der Waals surface area contributed by atoms with E-state index >= 15 is 0 Å². The first-order chi connectivity index (χ1) is 8.70. The fourth-order valence-electron chi connectivity index (χ4n) is 1.80. The fourth-order valence-corrected chi connectivity index (χ4v) is 1.80. The highest BCUT2D eigenvalue weighted by atomic mass is 16.5. The molecule has 98 valence electrons. The second-order valence-electron chi connectivity index (χ2n) is 4.22. The molecule has 6 heteroatoms. The SMILES string of the molecule is CCOc1cc(N(CCC(=O)O)C2CC2)ncn1. The average molecular weight is 251 g/mol. The minimum Gasteiger partial charge on any atom is -0.481 e. The predicted octanol–water partition coefficient (Wildman–Crippen LogP) is 1.32. The number of hydrogen-bond acceptors (Lipinski definition) is 5. The summed E-state index contributed by atoms with van der Waals surface area (Å²) in [5.41, 5.74) is 0. The van der Waals surface area contributed by atoms with E-state index in [0.717, 1.165) is 18.7 Å². The molecule has 1 aromatic heterocycles. The molecule has 0 amide bonds. The van der Waals surface area contributed by atoms with Gasteiger partial charge in [-0.1, -0.05) is 0 Å². The van der Waals surface area contributed by atoms with E-state index in [2.05, 4.69) is 9.97 Å². The molecule has 0 saturated heterocycles. The zero-order valence-corrected chi connectivity index (χ0v) is 10.4. The standard InChI is InChI=1S/C12H17N3O3/c1-2-18-11-7-10(13-8-14-11)15(9-3-4-9)6-5-12(16)17/h7-9H,2-6H2,1H3,(H,16,17). The maximum atomic E-state index is 10.7. The molecule has 0 unspecified atom stereocenters. The van der Waals surface area contributed by atoms with Gasteiger partial charge in [0.25, 0.3) is 0 Å².